The molecule has 0 saturated carbocycles. The van der Waals surface area contributed by atoms with Gasteiger partial charge < -0.3 is 10.0 Å². The van der Waals surface area contributed by atoms with Crippen LogP contribution >= 0.6 is 0 Å². The summed E-state index contributed by atoms with van der Waals surface area (Å²) in [6.07, 6.45) is 1.14. The highest BCUT2D eigenvalue weighted by Gasteiger charge is 2.30. The van der Waals surface area contributed by atoms with Gasteiger partial charge in [0.1, 0.15) is 0 Å². The lowest BCUT2D eigenvalue weighted by Gasteiger charge is -2.37. The molecule has 102 valence electrons. The number of hydrogen-bond acceptors (Lipinski definition) is 4. The van der Waals surface area contributed by atoms with Crippen LogP contribution in [0.1, 0.15) is 19.8 Å². The molecular weight excluding hydrogens is 248 g/mol. The number of non-ortho nitro benzene ring substituents is 1. The zero-order chi connectivity index (χ0) is 14.0. The molecule has 1 aromatic rings. The number of piperidine rings is 1. The van der Waals surface area contributed by atoms with Crippen molar-refractivity contribution in [2.24, 2.45) is 5.92 Å². The average Bonchev–Trinajstić information content (AvgIpc) is 2.38. The molecule has 1 heterocycles. The van der Waals surface area contributed by atoms with Crippen molar-refractivity contribution in [3.63, 3.8) is 0 Å². The van der Waals surface area contributed by atoms with E-state index in [1.54, 1.807) is 6.07 Å². The number of rotatable bonds is 3. The molecule has 2 atom stereocenters. The smallest absolute Gasteiger partial charge is 0.306 e. The zero-order valence-electron chi connectivity index (χ0n) is 10.7. The summed E-state index contributed by atoms with van der Waals surface area (Å²) in [7, 11) is 0. The molecule has 6 nitrogen and oxygen atoms in total. The van der Waals surface area contributed by atoms with Crippen LogP contribution in [0.15, 0.2) is 24.3 Å². The summed E-state index contributed by atoms with van der Waals surface area (Å²) in [6.45, 7) is 2.56. The molecule has 1 saturated heterocycles. The van der Waals surface area contributed by atoms with Crippen LogP contribution in [0.25, 0.3) is 0 Å². The van der Waals surface area contributed by atoms with E-state index in [0.717, 1.165) is 5.69 Å². The van der Waals surface area contributed by atoms with Gasteiger partial charge in [0.25, 0.3) is 5.69 Å². The van der Waals surface area contributed by atoms with Crippen LogP contribution in [-0.4, -0.2) is 28.6 Å². The molecule has 1 aliphatic rings. The lowest BCUT2D eigenvalue weighted by Crippen LogP contribution is -2.42. The maximum Gasteiger partial charge on any atom is 0.306 e. The van der Waals surface area contributed by atoms with E-state index in [4.69, 9.17) is 5.11 Å². The van der Waals surface area contributed by atoms with Crippen LogP contribution in [0.4, 0.5) is 11.4 Å². The number of hydrogen-bond donors (Lipinski definition) is 1. The molecule has 0 radical (unpaired) electrons. The molecule has 1 aliphatic heterocycles. The van der Waals surface area contributed by atoms with E-state index in [1.807, 2.05) is 17.9 Å². The molecule has 0 bridgehead atoms. The van der Waals surface area contributed by atoms with Crippen molar-refractivity contribution >= 4 is 17.3 Å². The molecular formula is C13H16N2O4. The normalized spacial score (nSPS) is 23.1. The summed E-state index contributed by atoms with van der Waals surface area (Å²) >= 11 is 0. The molecule has 1 N–H and O–H groups in total. The molecule has 2 rings (SSSR count). The molecule has 19 heavy (non-hydrogen) atoms. The number of anilines is 1. The summed E-state index contributed by atoms with van der Waals surface area (Å²) in [5.74, 6) is -1.07. The minimum atomic E-state index is -0.759. The highest BCUT2D eigenvalue weighted by atomic mass is 16.6. The van der Waals surface area contributed by atoms with Gasteiger partial charge in [0.15, 0.2) is 0 Å². The maximum absolute atomic E-state index is 11.0. The number of carbonyl (C=O) groups is 1. The quantitative estimate of drug-likeness (QED) is 0.668. The van der Waals surface area contributed by atoms with Gasteiger partial charge in [-0.1, -0.05) is 6.07 Å². The first-order valence-corrected chi connectivity index (χ1v) is 6.23. The van der Waals surface area contributed by atoms with E-state index >= 15 is 0 Å². The number of nitro groups is 1. The van der Waals surface area contributed by atoms with Gasteiger partial charge in [-0.05, 0) is 25.8 Å². The third-order valence-corrected chi connectivity index (χ3v) is 3.60. The number of carboxylic acid groups (broad SMARTS) is 1. The Morgan fingerprint density at radius 1 is 1.53 bits per heavy atom. The minimum absolute atomic E-state index is 0.0602. The Morgan fingerprint density at radius 3 is 2.84 bits per heavy atom. The highest BCUT2D eigenvalue weighted by molar-refractivity contribution is 5.70. The third kappa shape index (κ3) is 2.83. The molecule has 0 aliphatic carbocycles. The Bertz CT molecular complexity index is 503. The molecule has 0 spiro atoms. The predicted octanol–water partition coefficient (Wildman–Crippen LogP) is 2.28. The first kappa shape index (κ1) is 13.3. The van der Waals surface area contributed by atoms with Crippen LogP contribution in [0, 0.1) is 16.0 Å². The number of benzene rings is 1. The van der Waals surface area contributed by atoms with Gasteiger partial charge in [-0.25, -0.2) is 0 Å². The second-order valence-electron chi connectivity index (χ2n) is 4.88. The van der Waals surface area contributed by atoms with Crippen LogP contribution in [0.3, 0.4) is 0 Å². The Labute approximate surface area is 110 Å². The van der Waals surface area contributed by atoms with Gasteiger partial charge in [0.05, 0.1) is 10.8 Å². The molecule has 0 aromatic heterocycles. The SMILES string of the molecule is CC1CC(C(=O)O)CCN1c1cccc([N+](=O)[O-])c1. The number of aliphatic carboxylic acids is 1. The second kappa shape index (κ2) is 5.26. The Morgan fingerprint density at radius 2 is 2.26 bits per heavy atom. The van der Waals surface area contributed by atoms with E-state index < -0.39 is 10.9 Å². The fraction of sp³-hybridized carbons (Fsp3) is 0.462. The van der Waals surface area contributed by atoms with Crippen LogP contribution in [0.5, 0.6) is 0 Å². The molecule has 1 aromatic carbocycles. The predicted molar refractivity (Wildman–Crippen MR) is 70.3 cm³/mol. The number of carboxylic acids is 1. The van der Waals surface area contributed by atoms with Gasteiger partial charge in [-0.15, -0.1) is 0 Å². The molecule has 2 unspecified atom stereocenters. The summed E-state index contributed by atoms with van der Waals surface area (Å²) in [5, 5.41) is 19.8. The van der Waals surface area contributed by atoms with Gasteiger partial charge in [0, 0.05) is 30.4 Å². The molecule has 6 heteroatoms. The first-order valence-electron chi connectivity index (χ1n) is 6.23. The monoisotopic (exact) mass is 264 g/mol. The van der Waals surface area contributed by atoms with Crippen molar-refractivity contribution in [3.8, 4) is 0 Å². The Kier molecular flexibility index (Phi) is 3.69. The van der Waals surface area contributed by atoms with Gasteiger partial charge in [-0.2, -0.15) is 0 Å². The van der Waals surface area contributed by atoms with Crippen molar-refractivity contribution in [1.82, 2.24) is 0 Å². The van der Waals surface area contributed by atoms with Crippen LogP contribution in [-0.2, 0) is 4.79 Å². The van der Waals surface area contributed by atoms with Crippen LogP contribution < -0.4 is 4.90 Å². The lowest BCUT2D eigenvalue weighted by molar-refractivity contribution is -0.384. The van der Waals surface area contributed by atoms with Crippen molar-refractivity contribution < 1.29 is 14.8 Å². The zero-order valence-corrected chi connectivity index (χ0v) is 10.7. The Hall–Kier alpha value is -2.11. The summed E-state index contributed by atoms with van der Waals surface area (Å²) in [4.78, 5) is 23.4. The third-order valence-electron chi connectivity index (χ3n) is 3.60. The van der Waals surface area contributed by atoms with E-state index in [-0.39, 0.29) is 17.6 Å². The van der Waals surface area contributed by atoms with Gasteiger partial charge in [0.2, 0.25) is 0 Å². The molecule has 1 fully saturated rings. The van der Waals surface area contributed by atoms with Crippen molar-refractivity contribution in [2.45, 2.75) is 25.8 Å². The van der Waals surface area contributed by atoms with Crippen molar-refractivity contribution in [3.05, 3.63) is 34.4 Å². The Balaban J connectivity index is 2.17. The van der Waals surface area contributed by atoms with Crippen LogP contribution in [0.2, 0.25) is 0 Å². The average molecular weight is 264 g/mol. The largest absolute Gasteiger partial charge is 0.481 e. The van der Waals surface area contributed by atoms with Gasteiger partial charge >= 0.3 is 5.97 Å². The van der Waals surface area contributed by atoms with E-state index in [1.165, 1.54) is 12.1 Å². The minimum Gasteiger partial charge on any atom is -0.481 e. The number of nitrogens with zero attached hydrogens (tertiary/aromatic N) is 2. The summed E-state index contributed by atoms with van der Waals surface area (Å²) < 4.78 is 0. The summed E-state index contributed by atoms with van der Waals surface area (Å²) in [5.41, 5.74) is 0.843. The number of nitro benzene ring substituents is 1. The second-order valence-corrected chi connectivity index (χ2v) is 4.88. The maximum atomic E-state index is 11.0. The fourth-order valence-electron chi connectivity index (χ4n) is 2.57. The van der Waals surface area contributed by atoms with E-state index in [2.05, 4.69) is 0 Å². The highest BCUT2D eigenvalue weighted by Crippen LogP contribution is 2.30. The fourth-order valence-corrected chi connectivity index (χ4v) is 2.57. The topological polar surface area (TPSA) is 83.7 Å². The summed E-state index contributed by atoms with van der Waals surface area (Å²) in [6, 6.07) is 6.54. The van der Waals surface area contributed by atoms with Gasteiger partial charge in [-0.3, -0.25) is 14.9 Å². The lowest BCUT2D eigenvalue weighted by atomic mass is 9.91. The van der Waals surface area contributed by atoms with Crippen molar-refractivity contribution in [2.75, 3.05) is 11.4 Å². The molecule has 0 amide bonds. The van der Waals surface area contributed by atoms with E-state index in [9.17, 15) is 14.9 Å². The van der Waals surface area contributed by atoms with E-state index in [0.29, 0.717) is 19.4 Å². The standard InChI is InChI=1S/C13H16N2O4/c1-9-7-10(13(16)17)5-6-14(9)11-3-2-4-12(8-11)15(18)19/h2-4,8-10H,5-7H2,1H3,(H,16,17). The van der Waals surface area contributed by atoms with Crippen molar-refractivity contribution in [1.29, 1.82) is 0 Å². The first-order chi connectivity index (χ1) is 8.99.